The first kappa shape index (κ1) is 20.9. The Kier molecular flexibility index (Phi) is 5.76. The molecule has 0 unspecified atom stereocenters. The normalized spacial score (nSPS) is 10.6. The van der Waals surface area contributed by atoms with E-state index in [1.54, 1.807) is 66.7 Å². The quantitative estimate of drug-likeness (QED) is 0.501. The first-order valence-corrected chi connectivity index (χ1v) is 9.76. The van der Waals surface area contributed by atoms with Crippen LogP contribution in [0.15, 0.2) is 71.5 Å². The van der Waals surface area contributed by atoms with Gasteiger partial charge in [-0.2, -0.15) is 9.78 Å². The molecule has 162 valence electrons. The Bertz CT molecular complexity index is 1360. The van der Waals surface area contributed by atoms with Crippen molar-refractivity contribution < 1.29 is 19.0 Å². The molecule has 0 bridgehead atoms. The zero-order chi connectivity index (χ0) is 22.7. The summed E-state index contributed by atoms with van der Waals surface area (Å²) in [5.74, 6) is 0.967. The van der Waals surface area contributed by atoms with Crippen molar-refractivity contribution in [3.63, 3.8) is 0 Å². The number of nitrogens with zero attached hydrogens (tertiary/aromatic N) is 2. The van der Waals surface area contributed by atoms with Crippen LogP contribution in [0.3, 0.4) is 0 Å². The average molecular weight is 431 g/mol. The molecule has 8 heteroatoms. The van der Waals surface area contributed by atoms with Crippen LogP contribution in [0.1, 0.15) is 10.5 Å². The minimum absolute atomic E-state index is 0.0796. The van der Waals surface area contributed by atoms with Crippen LogP contribution in [0.5, 0.6) is 17.2 Å². The summed E-state index contributed by atoms with van der Waals surface area (Å²) in [5, 5.41) is 8.02. The van der Waals surface area contributed by atoms with E-state index in [0.29, 0.717) is 39.4 Å². The number of amides is 1. The Balaban J connectivity index is 1.89. The molecule has 3 aromatic carbocycles. The summed E-state index contributed by atoms with van der Waals surface area (Å²) in [7, 11) is 4.55. The van der Waals surface area contributed by atoms with Gasteiger partial charge in [0.2, 0.25) is 0 Å². The van der Waals surface area contributed by atoms with Gasteiger partial charge in [0.25, 0.3) is 11.5 Å². The highest BCUT2D eigenvalue weighted by Gasteiger charge is 2.20. The molecule has 8 nitrogen and oxygen atoms in total. The van der Waals surface area contributed by atoms with E-state index in [-0.39, 0.29) is 11.3 Å². The van der Waals surface area contributed by atoms with Gasteiger partial charge >= 0.3 is 0 Å². The third-order valence-corrected chi connectivity index (χ3v) is 4.99. The fourth-order valence-corrected chi connectivity index (χ4v) is 3.42. The lowest BCUT2D eigenvalue weighted by molar-refractivity contribution is 0.102. The van der Waals surface area contributed by atoms with Crippen molar-refractivity contribution in [1.82, 2.24) is 9.78 Å². The standard InChI is InChI=1S/C24H21N3O5/c1-30-15-12-13-20(31-2)18(14-15)25-23(28)22-16-8-4-5-9-17(16)24(29)27(26-22)19-10-6-7-11-21(19)32-3/h4-14H,1-3H3,(H,25,28). The van der Waals surface area contributed by atoms with E-state index in [2.05, 4.69) is 10.4 Å². The van der Waals surface area contributed by atoms with Gasteiger partial charge in [-0.25, -0.2) is 0 Å². The molecule has 1 heterocycles. The van der Waals surface area contributed by atoms with Crippen molar-refractivity contribution >= 4 is 22.4 Å². The zero-order valence-corrected chi connectivity index (χ0v) is 17.8. The number of hydrogen-bond acceptors (Lipinski definition) is 6. The van der Waals surface area contributed by atoms with E-state index >= 15 is 0 Å². The number of ether oxygens (including phenoxy) is 3. The molecule has 4 aromatic rings. The van der Waals surface area contributed by atoms with Crippen LogP contribution < -0.4 is 25.1 Å². The zero-order valence-electron chi connectivity index (χ0n) is 17.8. The summed E-state index contributed by atoms with van der Waals surface area (Å²) in [6.07, 6.45) is 0. The Labute approximate surface area is 184 Å². The highest BCUT2D eigenvalue weighted by Crippen LogP contribution is 2.30. The van der Waals surface area contributed by atoms with Crippen LogP contribution >= 0.6 is 0 Å². The summed E-state index contributed by atoms with van der Waals surface area (Å²) in [5.41, 5.74) is 0.563. The number of anilines is 1. The number of carbonyl (C=O) groups is 1. The molecule has 0 spiro atoms. The summed E-state index contributed by atoms with van der Waals surface area (Å²) in [4.78, 5) is 26.5. The van der Waals surface area contributed by atoms with E-state index < -0.39 is 5.91 Å². The molecule has 1 N–H and O–H groups in total. The third kappa shape index (κ3) is 3.74. The number of carbonyl (C=O) groups excluding carboxylic acids is 1. The van der Waals surface area contributed by atoms with Crippen molar-refractivity contribution in [1.29, 1.82) is 0 Å². The third-order valence-electron chi connectivity index (χ3n) is 4.99. The summed E-state index contributed by atoms with van der Waals surface area (Å²) in [6, 6.07) is 18.9. The van der Waals surface area contributed by atoms with Crippen molar-refractivity contribution in [2.75, 3.05) is 26.6 Å². The summed E-state index contributed by atoms with van der Waals surface area (Å²) < 4.78 is 17.2. The van der Waals surface area contributed by atoms with Crippen molar-refractivity contribution in [2.45, 2.75) is 0 Å². The maximum Gasteiger partial charge on any atom is 0.279 e. The largest absolute Gasteiger partial charge is 0.497 e. The number of rotatable bonds is 6. The number of fused-ring (bicyclic) bond motifs is 1. The average Bonchev–Trinajstić information content (AvgIpc) is 2.84. The molecular weight excluding hydrogens is 410 g/mol. The number of methoxy groups -OCH3 is 3. The lowest BCUT2D eigenvalue weighted by Crippen LogP contribution is -2.27. The molecule has 1 amide bonds. The number of nitrogens with one attached hydrogen (secondary N) is 1. The van der Waals surface area contributed by atoms with Crippen LogP contribution in [0.4, 0.5) is 5.69 Å². The second-order valence-corrected chi connectivity index (χ2v) is 6.80. The molecule has 4 rings (SSSR count). The highest BCUT2D eigenvalue weighted by molar-refractivity contribution is 6.11. The van der Waals surface area contributed by atoms with Crippen LogP contribution in [-0.2, 0) is 0 Å². The SMILES string of the molecule is COc1ccc(OC)c(NC(=O)c2nn(-c3ccccc3OC)c(=O)c3ccccc23)c1. The van der Waals surface area contributed by atoms with Gasteiger partial charge < -0.3 is 19.5 Å². The fourth-order valence-electron chi connectivity index (χ4n) is 3.42. The minimum atomic E-state index is -0.503. The molecule has 0 atom stereocenters. The van der Waals surface area contributed by atoms with Gasteiger partial charge in [-0.1, -0.05) is 30.3 Å². The van der Waals surface area contributed by atoms with E-state index in [9.17, 15) is 9.59 Å². The first-order chi connectivity index (χ1) is 15.6. The van der Waals surface area contributed by atoms with Crippen LogP contribution in [0.25, 0.3) is 16.5 Å². The number of benzene rings is 3. The molecule has 32 heavy (non-hydrogen) atoms. The molecule has 0 fully saturated rings. The fraction of sp³-hybridized carbons (Fsp3) is 0.125. The van der Waals surface area contributed by atoms with Crippen molar-refractivity contribution in [3.8, 4) is 22.9 Å². The molecule has 0 saturated heterocycles. The van der Waals surface area contributed by atoms with E-state index in [1.807, 2.05) is 0 Å². The molecule has 0 radical (unpaired) electrons. The van der Waals surface area contributed by atoms with Gasteiger partial charge in [0.1, 0.15) is 22.9 Å². The molecule has 1 aromatic heterocycles. The Morgan fingerprint density at radius 1 is 0.844 bits per heavy atom. The van der Waals surface area contributed by atoms with Crippen LogP contribution in [-0.4, -0.2) is 37.0 Å². The van der Waals surface area contributed by atoms with Gasteiger partial charge in [0.05, 0.1) is 32.4 Å². The van der Waals surface area contributed by atoms with Gasteiger partial charge in [0.15, 0.2) is 5.69 Å². The van der Waals surface area contributed by atoms with E-state index in [0.717, 1.165) is 0 Å². The van der Waals surface area contributed by atoms with Gasteiger partial charge in [-0.05, 0) is 30.3 Å². The van der Waals surface area contributed by atoms with Crippen LogP contribution in [0.2, 0.25) is 0 Å². The Morgan fingerprint density at radius 2 is 1.53 bits per heavy atom. The molecule has 0 aliphatic heterocycles. The lowest BCUT2D eigenvalue weighted by atomic mass is 10.1. The predicted molar refractivity (Wildman–Crippen MR) is 121 cm³/mol. The lowest BCUT2D eigenvalue weighted by Gasteiger charge is -2.15. The monoisotopic (exact) mass is 431 g/mol. The molecular formula is C24H21N3O5. The number of para-hydroxylation sites is 2. The minimum Gasteiger partial charge on any atom is -0.497 e. The molecule has 0 saturated carbocycles. The van der Waals surface area contributed by atoms with Crippen LogP contribution in [0, 0.1) is 0 Å². The molecule has 0 aliphatic carbocycles. The van der Waals surface area contributed by atoms with Crippen molar-refractivity contribution in [2.24, 2.45) is 0 Å². The Morgan fingerprint density at radius 3 is 2.25 bits per heavy atom. The van der Waals surface area contributed by atoms with E-state index in [4.69, 9.17) is 14.2 Å². The van der Waals surface area contributed by atoms with Gasteiger partial charge in [-0.3, -0.25) is 9.59 Å². The topological polar surface area (TPSA) is 91.7 Å². The van der Waals surface area contributed by atoms with E-state index in [1.165, 1.54) is 26.0 Å². The highest BCUT2D eigenvalue weighted by atomic mass is 16.5. The maximum atomic E-state index is 13.3. The Hall–Kier alpha value is -4.33. The van der Waals surface area contributed by atoms with Gasteiger partial charge in [-0.15, -0.1) is 0 Å². The first-order valence-electron chi connectivity index (χ1n) is 9.76. The molecule has 0 aliphatic rings. The van der Waals surface area contributed by atoms with Gasteiger partial charge in [0, 0.05) is 11.5 Å². The number of hydrogen-bond donors (Lipinski definition) is 1. The van der Waals surface area contributed by atoms with Crippen molar-refractivity contribution in [3.05, 3.63) is 82.8 Å². The predicted octanol–water partition coefficient (Wildman–Crippen LogP) is 3.66. The second kappa shape index (κ2) is 8.81. The maximum absolute atomic E-state index is 13.3. The smallest absolute Gasteiger partial charge is 0.279 e. The number of aromatic nitrogens is 2. The summed E-state index contributed by atoms with van der Waals surface area (Å²) in [6.45, 7) is 0. The summed E-state index contributed by atoms with van der Waals surface area (Å²) >= 11 is 0. The second-order valence-electron chi connectivity index (χ2n) is 6.80.